The van der Waals surface area contributed by atoms with Gasteiger partial charge in [0.2, 0.25) is 10.0 Å². The minimum absolute atomic E-state index is 0.136. The van der Waals surface area contributed by atoms with Gasteiger partial charge in [-0.25, -0.2) is 8.42 Å². The second kappa shape index (κ2) is 5.77. The van der Waals surface area contributed by atoms with Crippen molar-refractivity contribution in [2.75, 3.05) is 16.6 Å². The van der Waals surface area contributed by atoms with Gasteiger partial charge < -0.3 is 5.11 Å². The molecule has 0 fully saturated rings. The van der Waals surface area contributed by atoms with E-state index in [1.165, 1.54) is 25.1 Å². The molecule has 1 aromatic rings. The van der Waals surface area contributed by atoms with Crippen molar-refractivity contribution in [1.82, 2.24) is 0 Å². The molecule has 18 heavy (non-hydrogen) atoms. The molecular weight excluding hydrogens is 301 g/mol. The van der Waals surface area contributed by atoms with Gasteiger partial charge in [-0.15, -0.1) is 0 Å². The molecule has 0 amide bonds. The van der Waals surface area contributed by atoms with Crippen LogP contribution in [0.3, 0.4) is 0 Å². The van der Waals surface area contributed by atoms with Crippen molar-refractivity contribution >= 4 is 44.9 Å². The van der Waals surface area contributed by atoms with Gasteiger partial charge in [-0.05, 0) is 25.1 Å². The van der Waals surface area contributed by atoms with Crippen LogP contribution in [-0.2, 0) is 14.8 Å². The molecule has 0 atom stereocenters. The molecule has 0 aromatic heterocycles. The molecule has 0 bridgehead atoms. The molecule has 1 rings (SSSR count). The summed E-state index contributed by atoms with van der Waals surface area (Å²) in [6.07, 6.45) is 0. The summed E-state index contributed by atoms with van der Waals surface area (Å²) in [5.41, 5.74) is 0.136. The van der Waals surface area contributed by atoms with E-state index in [0.29, 0.717) is 0 Å². The Bertz CT molecular complexity index is 539. The average molecular weight is 312 g/mol. The quantitative estimate of drug-likeness (QED) is 0.905. The van der Waals surface area contributed by atoms with Crippen molar-refractivity contribution < 1.29 is 18.3 Å². The second-order valence-electron chi connectivity index (χ2n) is 3.43. The number of sulfonamides is 1. The van der Waals surface area contributed by atoms with E-state index < -0.39 is 22.5 Å². The fraction of sp³-hybridized carbons (Fsp3) is 0.300. The van der Waals surface area contributed by atoms with Crippen LogP contribution in [0.1, 0.15) is 6.92 Å². The number of carboxylic acids is 1. The summed E-state index contributed by atoms with van der Waals surface area (Å²) in [4.78, 5) is 10.7. The fourth-order valence-electron chi connectivity index (χ4n) is 1.31. The number of halogens is 2. The zero-order valence-corrected chi connectivity index (χ0v) is 11.8. The van der Waals surface area contributed by atoms with Crippen molar-refractivity contribution in [2.45, 2.75) is 6.92 Å². The van der Waals surface area contributed by atoms with Crippen LogP contribution in [0.4, 0.5) is 5.69 Å². The molecule has 0 saturated heterocycles. The summed E-state index contributed by atoms with van der Waals surface area (Å²) < 4.78 is 24.4. The van der Waals surface area contributed by atoms with E-state index in [4.69, 9.17) is 28.3 Å². The van der Waals surface area contributed by atoms with Gasteiger partial charge in [-0.1, -0.05) is 23.2 Å². The molecule has 1 N–H and O–H groups in total. The minimum Gasteiger partial charge on any atom is -0.480 e. The average Bonchev–Trinajstić information content (AvgIpc) is 2.24. The number of nitrogens with zero attached hydrogens (tertiary/aromatic N) is 1. The van der Waals surface area contributed by atoms with Gasteiger partial charge in [-0.3, -0.25) is 9.10 Å². The van der Waals surface area contributed by atoms with Crippen LogP contribution in [0, 0.1) is 0 Å². The van der Waals surface area contributed by atoms with E-state index in [0.717, 1.165) is 4.31 Å². The van der Waals surface area contributed by atoms with Gasteiger partial charge >= 0.3 is 5.97 Å². The Balaban J connectivity index is 3.30. The van der Waals surface area contributed by atoms with Crippen LogP contribution < -0.4 is 4.31 Å². The summed E-state index contributed by atoms with van der Waals surface area (Å²) in [5, 5.41) is 9.24. The molecule has 0 spiro atoms. The number of aliphatic carboxylic acids is 1. The minimum atomic E-state index is -3.71. The lowest BCUT2D eigenvalue weighted by molar-refractivity contribution is -0.135. The van der Waals surface area contributed by atoms with Crippen LogP contribution in [0.15, 0.2) is 18.2 Å². The van der Waals surface area contributed by atoms with Crippen LogP contribution in [0.2, 0.25) is 10.0 Å². The number of carbonyl (C=O) groups is 1. The highest BCUT2D eigenvalue weighted by Gasteiger charge is 2.23. The molecule has 0 aliphatic carbocycles. The van der Waals surface area contributed by atoms with Gasteiger partial charge in [0.25, 0.3) is 0 Å². The topological polar surface area (TPSA) is 74.7 Å². The maximum absolute atomic E-state index is 11.8. The summed E-state index contributed by atoms with van der Waals surface area (Å²) >= 11 is 11.5. The van der Waals surface area contributed by atoms with Crippen molar-refractivity contribution in [2.24, 2.45) is 0 Å². The van der Waals surface area contributed by atoms with E-state index in [9.17, 15) is 13.2 Å². The lowest BCUT2D eigenvalue weighted by Crippen LogP contribution is -2.36. The Labute approximate surface area is 115 Å². The summed E-state index contributed by atoms with van der Waals surface area (Å²) in [6, 6.07) is 4.14. The van der Waals surface area contributed by atoms with Gasteiger partial charge in [0.05, 0.1) is 11.4 Å². The Hall–Kier alpha value is -0.980. The standard InChI is InChI=1S/C10H11Cl2NO4S/c1-2-18(16,17)13(6-10(14)15)9-4-7(11)3-8(12)5-9/h3-5H,2,6H2,1H3,(H,14,15). The predicted molar refractivity (Wildman–Crippen MR) is 70.9 cm³/mol. The van der Waals surface area contributed by atoms with Crippen molar-refractivity contribution in [1.29, 1.82) is 0 Å². The van der Waals surface area contributed by atoms with Crippen molar-refractivity contribution in [3.63, 3.8) is 0 Å². The normalized spacial score (nSPS) is 11.3. The predicted octanol–water partition coefficient (Wildman–Crippen LogP) is 2.23. The number of rotatable bonds is 5. The molecule has 100 valence electrons. The first-order chi connectivity index (χ1) is 8.26. The van der Waals surface area contributed by atoms with Gasteiger partial charge in [0, 0.05) is 10.0 Å². The Morgan fingerprint density at radius 1 is 1.28 bits per heavy atom. The summed E-state index contributed by atoms with van der Waals surface area (Å²) in [7, 11) is -3.71. The maximum Gasteiger partial charge on any atom is 0.324 e. The lowest BCUT2D eigenvalue weighted by atomic mass is 10.3. The number of hydrogen-bond donors (Lipinski definition) is 1. The number of anilines is 1. The van der Waals surface area contributed by atoms with Crippen LogP contribution in [-0.4, -0.2) is 31.8 Å². The number of carboxylic acid groups (broad SMARTS) is 1. The summed E-state index contributed by atoms with van der Waals surface area (Å²) in [5.74, 6) is -1.48. The van der Waals surface area contributed by atoms with E-state index >= 15 is 0 Å². The molecule has 0 radical (unpaired) electrons. The van der Waals surface area contributed by atoms with Crippen molar-refractivity contribution in [3.05, 3.63) is 28.2 Å². The largest absolute Gasteiger partial charge is 0.480 e. The molecule has 5 nitrogen and oxygen atoms in total. The third kappa shape index (κ3) is 3.76. The highest BCUT2D eigenvalue weighted by Crippen LogP contribution is 2.27. The number of hydrogen-bond acceptors (Lipinski definition) is 3. The highest BCUT2D eigenvalue weighted by atomic mass is 35.5. The third-order valence-electron chi connectivity index (χ3n) is 2.11. The van der Waals surface area contributed by atoms with Gasteiger partial charge in [0.1, 0.15) is 6.54 Å². The molecule has 0 aliphatic heterocycles. The summed E-state index contributed by atoms with van der Waals surface area (Å²) in [6.45, 7) is 0.753. The van der Waals surface area contributed by atoms with E-state index in [1.807, 2.05) is 0 Å². The highest BCUT2D eigenvalue weighted by molar-refractivity contribution is 7.92. The third-order valence-corrected chi connectivity index (χ3v) is 4.29. The van der Waals surface area contributed by atoms with E-state index in [2.05, 4.69) is 0 Å². The Morgan fingerprint density at radius 3 is 2.17 bits per heavy atom. The molecule has 0 aliphatic rings. The molecule has 0 unspecified atom stereocenters. The van der Waals surface area contributed by atoms with E-state index in [-0.39, 0.29) is 21.5 Å². The van der Waals surface area contributed by atoms with Gasteiger partial charge in [0.15, 0.2) is 0 Å². The first kappa shape index (κ1) is 15.1. The van der Waals surface area contributed by atoms with Crippen LogP contribution in [0.5, 0.6) is 0 Å². The van der Waals surface area contributed by atoms with Crippen LogP contribution >= 0.6 is 23.2 Å². The van der Waals surface area contributed by atoms with Gasteiger partial charge in [-0.2, -0.15) is 0 Å². The maximum atomic E-state index is 11.8. The smallest absolute Gasteiger partial charge is 0.324 e. The van der Waals surface area contributed by atoms with Crippen LogP contribution in [0.25, 0.3) is 0 Å². The zero-order chi connectivity index (χ0) is 13.9. The molecule has 0 saturated carbocycles. The molecular formula is C10H11Cl2NO4S. The lowest BCUT2D eigenvalue weighted by Gasteiger charge is -2.22. The Morgan fingerprint density at radius 2 is 1.78 bits per heavy atom. The molecule has 1 aromatic carbocycles. The monoisotopic (exact) mass is 311 g/mol. The van der Waals surface area contributed by atoms with E-state index in [1.54, 1.807) is 0 Å². The second-order valence-corrected chi connectivity index (χ2v) is 6.48. The number of benzene rings is 1. The first-order valence-electron chi connectivity index (χ1n) is 4.94. The SMILES string of the molecule is CCS(=O)(=O)N(CC(=O)O)c1cc(Cl)cc(Cl)c1. The molecule has 0 heterocycles. The molecule has 8 heteroatoms. The van der Waals surface area contributed by atoms with Crippen molar-refractivity contribution in [3.8, 4) is 0 Å². The first-order valence-corrected chi connectivity index (χ1v) is 7.31. The fourth-order valence-corrected chi connectivity index (χ4v) is 2.87. The Kier molecular flexibility index (Phi) is 4.84. The zero-order valence-electron chi connectivity index (χ0n) is 9.43.